The van der Waals surface area contributed by atoms with Crippen molar-refractivity contribution in [1.29, 1.82) is 0 Å². The molecule has 0 saturated heterocycles. The molecule has 86 valence electrons. The van der Waals surface area contributed by atoms with E-state index in [9.17, 15) is 0 Å². The second-order valence-corrected chi connectivity index (χ2v) is 4.93. The van der Waals surface area contributed by atoms with Gasteiger partial charge in [-0.25, -0.2) is 4.98 Å². The Morgan fingerprint density at radius 3 is 2.62 bits per heavy atom. The van der Waals surface area contributed by atoms with Gasteiger partial charge in [-0.3, -0.25) is 4.68 Å². The van der Waals surface area contributed by atoms with Crippen molar-refractivity contribution in [3.8, 4) is 0 Å². The Morgan fingerprint density at radius 2 is 2.12 bits per heavy atom. The first kappa shape index (κ1) is 11.3. The Balaban J connectivity index is 2.28. The SMILES string of the molecule is Cc1nc(Cn2nc(C)c(CN)c2C)cs1. The molecule has 0 aliphatic heterocycles. The van der Waals surface area contributed by atoms with E-state index in [2.05, 4.69) is 22.4 Å². The van der Waals surface area contributed by atoms with Crippen LogP contribution in [0.5, 0.6) is 0 Å². The molecule has 2 heterocycles. The molecule has 2 aromatic rings. The minimum atomic E-state index is 0.549. The average Bonchev–Trinajstić information content (AvgIpc) is 2.74. The summed E-state index contributed by atoms with van der Waals surface area (Å²) in [5, 5.41) is 7.66. The van der Waals surface area contributed by atoms with Gasteiger partial charge in [0.2, 0.25) is 0 Å². The number of aryl methyl sites for hydroxylation is 2. The van der Waals surface area contributed by atoms with Crippen molar-refractivity contribution in [2.45, 2.75) is 33.9 Å². The van der Waals surface area contributed by atoms with Crippen molar-refractivity contribution < 1.29 is 0 Å². The highest BCUT2D eigenvalue weighted by molar-refractivity contribution is 7.09. The lowest BCUT2D eigenvalue weighted by Crippen LogP contribution is -2.05. The van der Waals surface area contributed by atoms with Crippen LogP contribution in [-0.4, -0.2) is 14.8 Å². The van der Waals surface area contributed by atoms with Gasteiger partial charge in [0, 0.05) is 23.2 Å². The van der Waals surface area contributed by atoms with Crippen LogP contribution in [0, 0.1) is 20.8 Å². The average molecular weight is 236 g/mol. The molecular weight excluding hydrogens is 220 g/mol. The molecule has 0 aliphatic rings. The quantitative estimate of drug-likeness (QED) is 0.883. The first-order valence-corrected chi connectivity index (χ1v) is 6.13. The van der Waals surface area contributed by atoms with Gasteiger partial charge in [-0.05, 0) is 20.8 Å². The van der Waals surface area contributed by atoms with E-state index in [-0.39, 0.29) is 0 Å². The fourth-order valence-corrected chi connectivity index (χ4v) is 2.42. The summed E-state index contributed by atoms with van der Waals surface area (Å²) < 4.78 is 1.98. The van der Waals surface area contributed by atoms with Gasteiger partial charge in [0.05, 0.1) is 22.9 Å². The van der Waals surface area contributed by atoms with Crippen molar-refractivity contribution in [3.63, 3.8) is 0 Å². The number of nitrogens with two attached hydrogens (primary N) is 1. The third-order valence-electron chi connectivity index (χ3n) is 2.71. The monoisotopic (exact) mass is 236 g/mol. The zero-order valence-electron chi connectivity index (χ0n) is 9.82. The van der Waals surface area contributed by atoms with Crippen LogP contribution in [0.3, 0.4) is 0 Å². The van der Waals surface area contributed by atoms with E-state index in [1.54, 1.807) is 11.3 Å². The third kappa shape index (κ3) is 2.01. The van der Waals surface area contributed by atoms with Crippen molar-refractivity contribution in [1.82, 2.24) is 14.8 Å². The molecule has 2 aromatic heterocycles. The maximum absolute atomic E-state index is 5.70. The molecule has 0 aromatic carbocycles. The predicted molar refractivity (Wildman–Crippen MR) is 65.5 cm³/mol. The fraction of sp³-hybridized carbons (Fsp3) is 0.455. The van der Waals surface area contributed by atoms with Gasteiger partial charge < -0.3 is 5.73 Å². The second kappa shape index (κ2) is 4.35. The lowest BCUT2D eigenvalue weighted by atomic mass is 10.2. The molecule has 0 atom stereocenters. The molecule has 0 spiro atoms. The topological polar surface area (TPSA) is 56.7 Å². The fourth-order valence-electron chi connectivity index (χ4n) is 1.82. The Kier molecular flexibility index (Phi) is 3.07. The molecule has 2 N–H and O–H groups in total. The van der Waals surface area contributed by atoms with E-state index in [0.29, 0.717) is 6.54 Å². The molecule has 0 saturated carbocycles. The summed E-state index contributed by atoms with van der Waals surface area (Å²) >= 11 is 1.67. The van der Waals surface area contributed by atoms with Crippen LogP contribution in [0.15, 0.2) is 5.38 Å². The number of hydrogen-bond acceptors (Lipinski definition) is 4. The Labute approximate surface area is 99.1 Å². The molecule has 0 amide bonds. The largest absolute Gasteiger partial charge is 0.326 e. The summed E-state index contributed by atoms with van der Waals surface area (Å²) in [5.74, 6) is 0. The number of hydrogen-bond donors (Lipinski definition) is 1. The molecule has 0 unspecified atom stereocenters. The Morgan fingerprint density at radius 1 is 1.38 bits per heavy atom. The van der Waals surface area contributed by atoms with Crippen molar-refractivity contribution in [2.24, 2.45) is 5.73 Å². The van der Waals surface area contributed by atoms with Gasteiger partial charge in [-0.2, -0.15) is 5.10 Å². The predicted octanol–water partition coefficient (Wildman–Crippen LogP) is 1.77. The number of aromatic nitrogens is 3. The lowest BCUT2D eigenvalue weighted by Gasteiger charge is -2.02. The molecule has 0 bridgehead atoms. The van der Waals surface area contributed by atoms with Crippen LogP contribution in [0.2, 0.25) is 0 Å². The maximum atomic E-state index is 5.70. The van der Waals surface area contributed by atoms with E-state index in [1.807, 2.05) is 18.5 Å². The van der Waals surface area contributed by atoms with Crippen LogP contribution in [-0.2, 0) is 13.1 Å². The number of rotatable bonds is 3. The zero-order valence-corrected chi connectivity index (χ0v) is 10.6. The smallest absolute Gasteiger partial charge is 0.0898 e. The molecule has 0 radical (unpaired) electrons. The maximum Gasteiger partial charge on any atom is 0.0898 e. The minimum absolute atomic E-state index is 0.549. The van der Waals surface area contributed by atoms with Gasteiger partial charge in [0.15, 0.2) is 0 Å². The molecule has 4 nitrogen and oxygen atoms in total. The third-order valence-corrected chi connectivity index (χ3v) is 3.54. The Bertz CT molecular complexity index is 498. The number of thiazole rings is 1. The van der Waals surface area contributed by atoms with Crippen LogP contribution >= 0.6 is 11.3 Å². The van der Waals surface area contributed by atoms with Gasteiger partial charge in [-0.1, -0.05) is 0 Å². The summed E-state index contributed by atoms with van der Waals surface area (Å²) in [4.78, 5) is 4.44. The summed E-state index contributed by atoms with van der Waals surface area (Å²) in [6.45, 7) is 7.35. The summed E-state index contributed by atoms with van der Waals surface area (Å²) in [5.41, 5.74) is 10.1. The zero-order chi connectivity index (χ0) is 11.7. The van der Waals surface area contributed by atoms with Crippen LogP contribution in [0.1, 0.15) is 27.7 Å². The molecular formula is C11H16N4S. The van der Waals surface area contributed by atoms with Crippen molar-refractivity contribution in [3.05, 3.63) is 33.0 Å². The highest BCUT2D eigenvalue weighted by Gasteiger charge is 2.10. The molecule has 0 fully saturated rings. The molecule has 2 rings (SSSR count). The number of nitrogens with zero attached hydrogens (tertiary/aromatic N) is 3. The van der Waals surface area contributed by atoms with Crippen LogP contribution in [0.25, 0.3) is 0 Å². The van der Waals surface area contributed by atoms with Crippen LogP contribution < -0.4 is 5.73 Å². The van der Waals surface area contributed by atoms with E-state index < -0.39 is 0 Å². The van der Waals surface area contributed by atoms with E-state index in [4.69, 9.17) is 5.73 Å². The van der Waals surface area contributed by atoms with Gasteiger partial charge >= 0.3 is 0 Å². The van der Waals surface area contributed by atoms with E-state index in [1.165, 1.54) is 0 Å². The van der Waals surface area contributed by atoms with Crippen molar-refractivity contribution >= 4 is 11.3 Å². The summed E-state index contributed by atoms with van der Waals surface area (Å²) in [6, 6.07) is 0. The van der Waals surface area contributed by atoms with Gasteiger partial charge in [-0.15, -0.1) is 11.3 Å². The van der Waals surface area contributed by atoms with E-state index >= 15 is 0 Å². The molecule has 0 aliphatic carbocycles. The first-order chi connectivity index (χ1) is 7.61. The highest BCUT2D eigenvalue weighted by atomic mass is 32.1. The van der Waals surface area contributed by atoms with Crippen LogP contribution in [0.4, 0.5) is 0 Å². The highest BCUT2D eigenvalue weighted by Crippen LogP contribution is 2.15. The second-order valence-electron chi connectivity index (χ2n) is 3.87. The molecule has 5 heteroatoms. The summed E-state index contributed by atoms with van der Waals surface area (Å²) in [7, 11) is 0. The molecule has 16 heavy (non-hydrogen) atoms. The minimum Gasteiger partial charge on any atom is -0.326 e. The van der Waals surface area contributed by atoms with Gasteiger partial charge in [0.1, 0.15) is 0 Å². The summed E-state index contributed by atoms with van der Waals surface area (Å²) in [6.07, 6.45) is 0. The lowest BCUT2D eigenvalue weighted by molar-refractivity contribution is 0.647. The standard InChI is InChI=1S/C11H16N4S/c1-7-11(4-12)8(2)15(14-7)5-10-6-16-9(3)13-10/h6H,4-5,12H2,1-3H3. The van der Waals surface area contributed by atoms with Gasteiger partial charge in [0.25, 0.3) is 0 Å². The van der Waals surface area contributed by atoms with E-state index in [0.717, 1.165) is 34.2 Å². The normalized spacial score (nSPS) is 11.0. The first-order valence-electron chi connectivity index (χ1n) is 5.25. The Hall–Kier alpha value is -1.20. The van der Waals surface area contributed by atoms with Crippen molar-refractivity contribution in [2.75, 3.05) is 0 Å².